The Bertz CT molecular complexity index is 2610. The lowest BCUT2D eigenvalue weighted by molar-refractivity contribution is 1.18. The van der Waals surface area contributed by atoms with Gasteiger partial charge in [-0.25, -0.2) is 15.0 Å². The van der Waals surface area contributed by atoms with Crippen LogP contribution in [0.5, 0.6) is 0 Å². The molecule has 0 spiro atoms. The Morgan fingerprint density at radius 3 is 1.56 bits per heavy atom. The molecule has 7 aromatic carbocycles. The van der Waals surface area contributed by atoms with Gasteiger partial charge in [-0.2, -0.15) is 0 Å². The third-order valence-electron chi connectivity index (χ3n) is 9.29. The van der Waals surface area contributed by atoms with Gasteiger partial charge < -0.3 is 0 Å². The standard InChI is InChI=1S/C47H31N3/c1-4-14-32(15-5-1)33-26-28-36(29-27-33)47-49-43(34-16-6-2-7-17-34)31-44(50-47)38-21-12-20-37(30-38)39-23-13-24-41-45(39)40-22-10-11-25-42(40)48-46(41)35-18-8-3-9-19-35/h1-31H. The first-order chi connectivity index (χ1) is 24.8. The molecule has 9 rings (SSSR count). The minimum absolute atomic E-state index is 0.695. The molecule has 0 atom stereocenters. The van der Waals surface area contributed by atoms with Crippen LogP contribution in [0.25, 0.3) is 89.1 Å². The first-order valence-electron chi connectivity index (χ1n) is 16.9. The second-order valence-electron chi connectivity index (χ2n) is 12.4. The van der Waals surface area contributed by atoms with Crippen molar-refractivity contribution in [2.75, 3.05) is 0 Å². The third kappa shape index (κ3) is 5.51. The van der Waals surface area contributed by atoms with Gasteiger partial charge in [0.1, 0.15) is 0 Å². The summed E-state index contributed by atoms with van der Waals surface area (Å²) in [5.41, 5.74) is 12.5. The van der Waals surface area contributed by atoms with Crippen LogP contribution in [-0.2, 0) is 0 Å². The van der Waals surface area contributed by atoms with Gasteiger partial charge in [-0.05, 0) is 40.5 Å². The van der Waals surface area contributed by atoms with Gasteiger partial charge in [-0.1, -0.05) is 170 Å². The average Bonchev–Trinajstić information content (AvgIpc) is 3.21. The predicted molar refractivity (Wildman–Crippen MR) is 207 cm³/mol. The maximum absolute atomic E-state index is 5.18. The quantitative estimate of drug-likeness (QED) is 0.170. The van der Waals surface area contributed by atoms with Gasteiger partial charge in [0.05, 0.1) is 22.6 Å². The lowest BCUT2D eigenvalue weighted by Crippen LogP contribution is -1.96. The highest BCUT2D eigenvalue weighted by atomic mass is 14.9. The first kappa shape index (κ1) is 29.4. The van der Waals surface area contributed by atoms with Crippen molar-refractivity contribution < 1.29 is 0 Å². The molecule has 234 valence electrons. The van der Waals surface area contributed by atoms with Crippen LogP contribution in [0.2, 0.25) is 0 Å². The topological polar surface area (TPSA) is 38.7 Å². The van der Waals surface area contributed by atoms with Crippen LogP contribution >= 0.6 is 0 Å². The molecule has 0 unspecified atom stereocenters. The Balaban J connectivity index is 1.20. The van der Waals surface area contributed by atoms with Gasteiger partial charge in [0, 0.05) is 38.4 Å². The summed E-state index contributed by atoms with van der Waals surface area (Å²) >= 11 is 0. The molecule has 9 aromatic rings. The second-order valence-corrected chi connectivity index (χ2v) is 12.4. The number of pyridine rings is 1. The molecule has 0 fully saturated rings. The molecule has 2 heterocycles. The number of rotatable bonds is 6. The summed E-state index contributed by atoms with van der Waals surface area (Å²) in [6, 6.07) is 65.6. The Labute approximate surface area is 291 Å². The molecule has 0 aliphatic heterocycles. The molecule has 0 aliphatic carbocycles. The van der Waals surface area contributed by atoms with Crippen molar-refractivity contribution in [3.05, 3.63) is 188 Å². The Morgan fingerprint density at radius 2 is 0.820 bits per heavy atom. The maximum atomic E-state index is 5.18. The van der Waals surface area contributed by atoms with E-state index in [0.717, 1.165) is 72.3 Å². The highest BCUT2D eigenvalue weighted by molar-refractivity contribution is 6.17. The largest absolute Gasteiger partial charge is 0.247 e. The monoisotopic (exact) mass is 637 g/mol. The second kappa shape index (κ2) is 12.7. The van der Waals surface area contributed by atoms with Crippen molar-refractivity contribution in [1.29, 1.82) is 0 Å². The number of hydrogen-bond acceptors (Lipinski definition) is 3. The summed E-state index contributed by atoms with van der Waals surface area (Å²) in [5.74, 6) is 0.695. The fraction of sp³-hybridized carbons (Fsp3) is 0. The fourth-order valence-corrected chi connectivity index (χ4v) is 6.83. The lowest BCUT2D eigenvalue weighted by atomic mass is 9.92. The molecule has 0 N–H and O–H groups in total. The molecule has 0 amide bonds. The molecule has 3 nitrogen and oxygen atoms in total. The first-order valence-corrected chi connectivity index (χ1v) is 16.9. The number of benzene rings is 7. The van der Waals surface area contributed by atoms with Gasteiger partial charge in [-0.15, -0.1) is 0 Å². The summed E-state index contributed by atoms with van der Waals surface area (Å²) < 4.78 is 0. The minimum Gasteiger partial charge on any atom is -0.247 e. The zero-order valence-electron chi connectivity index (χ0n) is 27.2. The van der Waals surface area contributed by atoms with Crippen LogP contribution in [0, 0.1) is 0 Å². The highest BCUT2D eigenvalue weighted by Gasteiger charge is 2.16. The van der Waals surface area contributed by atoms with Crippen LogP contribution in [0.15, 0.2) is 188 Å². The van der Waals surface area contributed by atoms with Gasteiger partial charge in [0.2, 0.25) is 0 Å². The SMILES string of the molecule is c1ccc(-c2ccc(-c3nc(-c4ccccc4)cc(-c4cccc(-c5cccc6c(-c7ccccc7)nc7ccccc7c56)c4)n3)cc2)cc1. The van der Waals surface area contributed by atoms with Crippen molar-refractivity contribution in [3.63, 3.8) is 0 Å². The van der Waals surface area contributed by atoms with E-state index in [4.69, 9.17) is 15.0 Å². The van der Waals surface area contributed by atoms with E-state index in [2.05, 4.69) is 170 Å². The summed E-state index contributed by atoms with van der Waals surface area (Å²) in [5, 5.41) is 3.46. The minimum atomic E-state index is 0.695. The molecule has 0 saturated carbocycles. The Morgan fingerprint density at radius 1 is 0.300 bits per heavy atom. The molecule has 0 aliphatic rings. The van der Waals surface area contributed by atoms with E-state index < -0.39 is 0 Å². The summed E-state index contributed by atoms with van der Waals surface area (Å²) in [6.07, 6.45) is 0. The summed E-state index contributed by atoms with van der Waals surface area (Å²) in [7, 11) is 0. The van der Waals surface area contributed by atoms with E-state index in [0.29, 0.717) is 5.82 Å². The number of nitrogens with zero attached hydrogens (tertiary/aromatic N) is 3. The fourth-order valence-electron chi connectivity index (χ4n) is 6.83. The smallest absolute Gasteiger partial charge is 0.160 e. The van der Waals surface area contributed by atoms with Crippen LogP contribution in [0.1, 0.15) is 0 Å². The zero-order valence-corrected chi connectivity index (χ0v) is 27.2. The van der Waals surface area contributed by atoms with Crippen LogP contribution < -0.4 is 0 Å². The van der Waals surface area contributed by atoms with E-state index in [9.17, 15) is 0 Å². The van der Waals surface area contributed by atoms with E-state index in [1.54, 1.807) is 0 Å². The molecular weight excluding hydrogens is 607 g/mol. The highest BCUT2D eigenvalue weighted by Crippen LogP contribution is 2.39. The molecule has 2 aromatic heterocycles. The van der Waals surface area contributed by atoms with Crippen molar-refractivity contribution in [2.24, 2.45) is 0 Å². The van der Waals surface area contributed by atoms with Crippen molar-refractivity contribution >= 4 is 21.7 Å². The molecule has 0 bridgehead atoms. The van der Waals surface area contributed by atoms with E-state index in [1.165, 1.54) is 10.9 Å². The van der Waals surface area contributed by atoms with Gasteiger partial charge >= 0.3 is 0 Å². The zero-order chi connectivity index (χ0) is 33.3. The Kier molecular flexibility index (Phi) is 7.49. The van der Waals surface area contributed by atoms with E-state index in [1.807, 2.05) is 18.2 Å². The van der Waals surface area contributed by atoms with Crippen LogP contribution in [0.3, 0.4) is 0 Å². The number of para-hydroxylation sites is 1. The number of hydrogen-bond donors (Lipinski definition) is 0. The van der Waals surface area contributed by atoms with Crippen LogP contribution in [0.4, 0.5) is 0 Å². The van der Waals surface area contributed by atoms with E-state index >= 15 is 0 Å². The van der Waals surface area contributed by atoms with Gasteiger partial charge in [0.25, 0.3) is 0 Å². The van der Waals surface area contributed by atoms with Crippen molar-refractivity contribution in [1.82, 2.24) is 15.0 Å². The molecule has 0 radical (unpaired) electrons. The summed E-state index contributed by atoms with van der Waals surface area (Å²) in [6.45, 7) is 0. The number of aromatic nitrogens is 3. The van der Waals surface area contributed by atoms with Crippen molar-refractivity contribution in [3.8, 4) is 67.4 Å². The predicted octanol–water partition coefficient (Wildman–Crippen LogP) is 12.2. The van der Waals surface area contributed by atoms with Gasteiger partial charge in [0.15, 0.2) is 5.82 Å². The third-order valence-corrected chi connectivity index (χ3v) is 9.29. The van der Waals surface area contributed by atoms with Crippen LogP contribution in [-0.4, -0.2) is 15.0 Å². The van der Waals surface area contributed by atoms with E-state index in [-0.39, 0.29) is 0 Å². The lowest BCUT2D eigenvalue weighted by Gasteiger charge is -2.15. The van der Waals surface area contributed by atoms with Crippen molar-refractivity contribution in [2.45, 2.75) is 0 Å². The maximum Gasteiger partial charge on any atom is 0.160 e. The molecule has 0 saturated heterocycles. The summed E-state index contributed by atoms with van der Waals surface area (Å²) in [4.78, 5) is 15.4. The number of fused-ring (bicyclic) bond motifs is 3. The average molecular weight is 638 g/mol. The Hall–Kier alpha value is -6.71. The normalized spacial score (nSPS) is 11.2. The van der Waals surface area contributed by atoms with Gasteiger partial charge in [-0.3, -0.25) is 0 Å². The molecule has 50 heavy (non-hydrogen) atoms. The molecular formula is C47H31N3. The molecule has 3 heteroatoms.